The van der Waals surface area contributed by atoms with Crippen molar-refractivity contribution in [2.75, 3.05) is 5.32 Å². The quantitative estimate of drug-likeness (QED) is 0.781. The Hall–Kier alpha value is -2.47. The van der Waals surface area contributed by atoms with Gasteiger partial charge in [0.25, 0.3) is 5.91 Å². The molecule has 0 aliphatic carbocycles. The van der Waals surface area contributed by atoms with Crippen molar-refractivity contribution in [2.45, 2.75) is 25.9 Å². The molecule has 2 aromatic carbocycles. The van der Waals surface area contributed by atoms with E-state index in [1.54, 1.807) is 18.2 Å². The Bertz CT molecular complexity index is 783. The highest BCUT2D eigenvalue weighted by molar-refractivity contribution is 6.30. The summed E-state index contributed by atoms with van der Waals surface area (Å²) in [5.41, 5.74) is 0.323. The molecule has 1 amide bonds. The van der Waals surface area contributed by atoms with Crippen molar-refractivity contribution in [3.05, 3.63) is 64.7 Å². The van der Waals surface area contributed by atoms with Gasteiger partial charge in [-0.15, -0.1) is 0 Å². The average molecular weight is 368 g/mol. The number of anilines is 1. The molecule has 4 nitrogen and oxygen atoms in total. The van der Waals surface area contributed by atoms with Crippen LogP contribution in [0, 0.1) is 11.6 Å². The summed E-state index contributed by atoms with van der Waals surface area (Å²) in [5, 5.41) is 2.51. The van der Waals surface area contributed by atoms with E-state index in [-0.39, 0.29) is 23.6 Å². The molecule has 1 atom stereocenters. The fraction of sp³-hybridized carbons (Fsp3) is 0.222. The van der Waals surface area contributed by atoms with E-state index in [0.717, 1.165) is 6.07 Å². The number of halogens is 3. The molecule has 2 rings (SSSR count). The summed E-state index contributed by atoms with van der Waals surface area (Å²) in [6.07, 6.45) is -1.04. The van der Waals surface area contributed by atoms with Crippen molar-refractivity contribution in [1.82, 2.24) is 0 Å². The van der Waals surface area contributed by atoms with Gasteiger partial charge in [-0.25, -0.2) is 8.78 Å². The van der Waals surface area contributed by atoms with Crippen LogP contribution < -0.4 is 5.32 Å². The number of aryl methyl sites for hydroxylation is 1. The van der Waals surface area contributed by atoms with E-state index in [1.807, 2.05) is 0 Å². The van der Waals surface area contributed by atoms with E-state index in [9.17, 15) is 18.4 Å². The molecular weight excluding hydrogens is 352 g/mol. The number of esters is 1. The van der Waals surface area contributed by atoms with Gasteiger partial charge in [-0.1, -0.05) is 29.8 Å². The Labute approximate surface area is 148 Å². The maximum Gasteiger partial charge on any atom is 0.306 e. The second-order valence-electron chi connectivity index (χ2n) is 5.34. The minimum Gasteiger partial charge on any atom is -0.453 e. The normalized spacial score (nSPS) is 11.7. The average Bonchev–Trinajstić information content (AvgIpc) is 2.56. The Morgan fingerprint density at radius 2 is 1.88 bits per heavy atom. The zero-order valence-corrected chi connectivity index (χ0v) is 14.1. The van der Waals surface area contributed by atoms with Crippen LogP contribution in [0.25, 0.3) is 0 Å². The second-order valence-corrected chi connectivity index (χ2v) is 5.77. The summed E-state index contributed by atoms with van der Waals surface area (Å²) in [6, 6.07) is 9.88. The van der Waals surface area contributed by atoms with E-state index in [1.165, 1.54) is 25.1 Å². The molecule has 0 aromatic heterocycles. The third kappa shape index (κ3) is 5.53. The molecule has 0 saturated heterocycles. The van der Waals surface area contributed by atoms with Crippen molar-refractivity contribution in [1.29, 1.82) is 0 Å². The largest absolute Gasteiger partial charge is 0.453 e. The van der Waals surface area contributed by atoms with E-state index in [2.05, 4.69) is 5.32 Å². The van der Waals surface area contributed by atoms with Crippen molar-refractivity contribution >= 4 is 29.2 Å². The number of benzene rings is 2. The van der Waals surface area contributed by atoms with Crippen LogP contribution in [-0.4, -0.2) is 18.0 Å². The molecule has 0 bridgehead atoms. The summed E-state index contributed by atoms with van der Waals surface area (Å²) in [7, 11) is 0. The van der Waals surface area contributed by atoms with Crippen molar-refractivity contribution < 1.29 is 23.1 Å². The zero-order chi connectivity index (χ0) is 18.4. The topological polar surface area (TPSA) is 55.4 Å². The summed E-state index contributed by atoms with van der Waals surface area (Å²) < 4.78 is 32.1. The van der Waals surface area contributed by atoms with Gasteiger partial charge in [0.2, 0.25) is 0 Å². The molecule has 0 spiro atoms. The van der Waals surface area contributed by atoms with Gasteiger partial charge in [0, 0.05) is 11.4 Å². The fourth-order valence-electron chi connectivity index (χ4n) is 2.07. The molecule has 0 heterocycles. The monoisotopic (exact) mass is 367 g/mol. The molecule has 0 fully saturated rings. The lowest BCUT2D eigenvalue weighted by molar-refractivity contribution is -0.153. The second kappa shape index (κ2) is 8.58. The molecule has 2 aromatic rings. The van der Waals surface area contributed by atoms with Crippen molar-refractivity contribution in [2.24, 2.45) is 0 Å². The number of nitrogens with one attached hydrogen (secondary N) is 1. The van der Waals surface area contributed by atoms with Crippen molar-refractivity contribution in [3.63, 3.8) is 0 Å². The molecule has 0 aliphatic heterocycles. The first-order chi connectivity index (χ1) is 11.9. The Morgan fingerprint density at radius 1 is 1.16 bits per heavy atom. The van der Waals surface area contributed by atoms with Crippen LogP contribution in [0.3, 0.4) is 0 Å². The summed E-state index contributed by atoms with van der Waals surface area (Å²) in [4.78, 5) is 23.8. The minimum absolute atomic E-state index is 0.0661. The van der Waals surface area contributed by atoms with Crippen LogP contribution in [-0.2, 0) is 20.7 Å². The fourth-order valence-corrected chi connectivity index (χ4v) is 2.23. The van der Waals surface area contributed by atoms with Gasteiger partial charge in [0.1, 0.15) is 11.6 Å². The SMILES string of the molecule is C[C@@H](OC(=O)CCc1ccccc1F)C(=O)Nc1ccc(Cl)cc1F. The Morgan fingerprint density at radius 3 is 2.56 bits per heavy atom. The predicted molar refractivity (Wildman–Crippen MR) is 90.3 cm³/mol. The molecule has 0 aliphatic rings. The molecule has 1 N–H and O–H groups in total. The molecule has 7 heteroatoms. The highest BCUT2D eigenvalue weighted by atomic mass is 35.5. The standard InChI is InChI=1S/C18H16ClF2NO3/c1-11(18(24)22-16-8-7-13(19)10-15(16)21)25-17(23)9-6-12-4-2-3-5-14(12)20/h2-5,7-8,10-11H,6,9H2,1H3,(H,22,24)/t11-/m1/s1. The van der Waals surface area contributed by atoms with E-state index in [4.69, 9.17) is 16.3 Å². The maximum atomic E-state index is 13.6. The number of hydrogen-bond acceptors (Lipinski definition) is 3. The van der Waals surface area contributed by atoms with Gasteiger partial charge in [0.15, 0.2) is 6.10 Å². The lowest BCUT2D eigenvalue weighted by atomic mass is 10.1. The van der Waals surface area contributed by atoms with Gasteiger partial charge in [-0.05, 0) is 43.2 Å². The van der Waals surface area contributed by atoms with Gasteiger partial charge >= 0.3 is 5.97 Å². The third-order valence-electron chi connectivity index (χ3n) is 3.42. The Kier molecular flexibility index (Phi) is 6.47. The van der Waals surface area contributed by atoms with E-state index in [0.29, 0.717) is 5.56 Å². The first-order valence-corrected chi connectivity index (χ1v) is 7.93. The number of ether oxygens (including phenoxy) is 1. The van der Waals surface area contributed by atoms with E-state index >= 15 is 0 Å². The summed E-state index contributed by atoms with van der Waals surface area (Å²) in [6.45, 7) is 1.37. The number of rotatable bonds is 6. The van der Waals surface area contributed by atoms with Gasteiger partial charge in [-0.3, -0.25) is 9.59 Å². The molecule has 0 radical (unpaired) electrons. The maximum absolute atomic E-state index is 13.6. The first-order valence-electron chi connectivity index (χ1n) is 7.55. The molecule has 132 valence electrons. The van der Waals surface area contributed by atoms with Crippen LogP contribution in [0.2, 0.25) is 5.02 Å². The van der Waals surface area contributed by atoms with E-state index < -0.39 is 29.6 Å². The minimum atomic E-state index is -1.12. The highest BCUT2D eigenvalue weighted by Crippen LogP contribution is 2.19. The first kappa shape index (κ1) is 18.9. The molecule has 25 heavy (non-hydrogen) atoms. The lowest BCUT2D eigenvalue weighted by Gasteiger charge is -2.14. The molecule has 0 unspecified atom stereocenters. The van der Waals surface area contributed by atoms with Crippen molar-refractivity contribution in [3.8, 4) is 0 Å². The van der Waals surface area contributed by atoms with Gasteiger partial charge < -0.3 is 10.1 Å². The summed E-state index contributed by atoms with van der Waals surface area (Å²) in [5.74, 6) is -2.43. The Balaban J connectivity index is 1.85. The number of carbonyl (C=O) groups is 2. The van der Waals surface area contributed by atoms with Gasteiger partial charge in [0.05, 0.1) is 5.69 Å². The predicted octanol–water partition coefficient (Wildman–Crippen LogP) is 4.12. The number of hydrogen-bond donors (Lipinski definition) is 1. The van der Waals surface area contributed by atoms with Crippen LogP contribution in [0.15, 0.2) is 42.5 Å². The number of carbonyl (C=O) groups excluding carboxylic acids is 2. The molecule has 0 saturated carbocycles. The number of amides is 1. The van der Waals surface area contributed by atoms with Crippen LogP contribution >= 0.6 is 11.6 Å². The van der Waals surface area contributed by atoms with Crippen LogP contribution in [0.1, 0.15) is 18.9 Å². The molecular formula is C18H16ClF2NO3. The smallest absolute Gasteiger partial charge is 0.306 e. The van der Waals surface area contributed by atoms with Crippen LogP contribution in [0.5, 0.6) is 0 Å². The lowest BCUT2D eigenvalue weighted by Crippen LogP contribution is -2.30. The third-order valence-corrected chi connectivity index (χ3v) is 3.66. The zero-order valence-electron chi connectivity index (χ0n) is 13.4. The highest BCUT2D eigenvalue weighted by Gasteiger charge is 2.19. The van der Waals surface area contributed by atoms with Gasteiger partial charge in [-0.2, -0.15) is 0 Å². The summed E-state index contributed by atoms with van der Waals surface area (Å²) >= 11 is 5.63. The van der Waals surface area contributed by atoms with Crippen LogP contribution in [0.4, 0.5) is 14.5 Å².